The van der Waals surface area contributed by atoms with Crippen LogP contribution in [0.4, 0.5) is 5.69 Å². The Hall–Kier alpha value is -3.47. The molecule has 0 aromatic carbocycles. The Bertz CT molecular complexity index is 1060. The van der Waals surface area contributed by atoms with Crippen LogP contribution in [0.15, 0.2) is 29.6 Å². The average Bonchev–Trinajstić information content (AvgIpc) is 2.60. The molecule has 0 spiro atoms. The molecule has 3 rings (SSSR count). The van der Waals surface area contributed by atoms with Crippen LogP contribution in [0, 0.1) is 4.77 Å². The van der Waals surface area contributed by atoms with Crippen LogP contribution in [0.5, 0.6) is 11.5 Å². The average molecular weight is 376 g/mol. The van der Waals surface area contributed by atoms with Crippen molar-refractivity contribution in [1.82, 2.24) is 19.9 Å². The quantitative estimate of drug-likeness (QED) is 0.487. The van der Waals surface area contributed by atoms with Crippen molar-refractivity contribution in [2.24, 2.45) is 5.73 Å². The number of fused-ring (bicyclic) bond motifs is 1. The van der Waals surface area contributed by atoms with Crippen molar-refractivity contribution in [2.75, 3.05) is 20.0 Å². The summed E-state index contributed by atoms with van der Waals surface area (Å²) in [5.41, 5.74) is 11.2. The molecule has 0 aliphatic rings. The molecule has 26 heavy (non-hydrogen) atoms. The SMILES string of the molecule is COc1cncc(N)c1C(N)=O.COc1cncc2[nH]c(=S)[nH]c(=O)c12. The summed E-state index contributed by atoms with van der Waals surface area (Å²) < 4.78 is 10.1. The smallest absolute Gasteiger partial charge is 0.263 e. The first-order valence-corrected chi connectivity index (χ1v) is 7.51. The van der Waals surface area contributed by atoms with Crippen molar-refractivity contribution in [1.29, 1.82) is 0 Å². The van der Waals surface area contributed by atoms with Crippen LogP contribution in [-0.2, 0) is 0 Å². The number of aromatic amines is 2. The fraction of sp³-hybridized carbons (Fsp3) is 0.133. The number of pyridine rings is 2. The summed E-state index contributed by atoms with van der Waals surface area (Å²) in [4.78, 5) is 35.3. The van der Waals surface area contributed by atoms with Gasteiger partial charge in [-0.15, -0.1) is 0 Å². The third kappa shape index (κ3) is 3.95. The maximum Gasteiger partial charge on any atom is 0.263 e. The van der Waals surface area contributed by atoms with Crippen LogP contribution in [0.3, 0.4) is 0 Å². The van der Waals surface area contributed by atoms with Gasteiger partial charge < -0.3 is 25.9 Å². The van der Waals surface area contributed by atoms with Crippen molar-refractivity contribution < 1.29 is 14.3 Å². The minimum Gasteiger partial charge on any atom is -0.494 e. The lowest BCUT2D eigenvalue weighted by Crippen LogP contribution is -2.15. The Balaban J connectivity index is 0.000000190. The van der Waals surface area contributed by atoms with Crippen molar-refractivity contribution in [3.05, 3.63) is 45.5 Å². The Labute approximate surface area is 152 Å². The highest BCUT2D eigenvalue weighted by molar-refractivity contribution is 7.71. The minimum absolute atomic E-state index is 0.174. The first kappa shape index (κ1) is 18.9. The van der Waals surface area contributed by atoms with Gasteiger partial charge in [-0.2, -0.15) is 0 Å². The van der Waals surface area contributed by atoms with E-state index in [0.717, 1.165) is 0 Å². The summed E-state index contributed by atoms with van der Waals surface area (Å²) in [6, 6.07) is 0. The van der Waals surface area contributed by atoms with Crippen molar-refractivity contribution in [3.8, 4) is 11.5 Å². The normalized spacial score (nSPS) is 9.92. The molecule has 3 heterocycles. The number of nitrogens with zero attached hydrogens (tertiary/aromatic N) is 2. The van der Waals surface area contributed by atoms with Crippen molar-refractivity contribution in [2.45, 2.75) is 0 Å². The molecule has 0 unspecified atom stereocenters. The van der Waals surface area contributed by atoms with Crippen LogP contribution in [0.25, 0.3) is 10.9 Å². The number of aromatic nitrogens is 4. The largest absolute Gasteiger partial charge is 0.494 e. The summed E-state index contributed by atoms with van der Waals surface area (Å²) in [6.45, 7) is 0. The van der Waals surface area contributed by atoms with Gasteiger partial charge in [0.1, 0.15) is 10.9 Å². The Morgan fingerprint density at radius 3 is 2.27 bits per heavy atom. The number of hydrogen-bond donors (Lipinski definition) is 4. The number of amides is 1. The number of rotatable bonds is 3. The van der Waals surface area contributed by atoms with Crippen LogP contribution in [-0.4, -0.2) is 40.1 Å². The molecule has 3 aromatic heterocycles. The summed E-state index contributed by atoms with van der Waals surface area (Å²) in [5, 5.41) is 0.427. The summed E-state index contributed by atoms with van der Waals surface area (Å²) in [5.74, 6) is 0.101. The second kappa shape index (κ2) is 8.07. The number of hydrogen-bond acceptors (Lipinski definition) is 8. The van der Waals surface area contributed by atoms with E-state index in [4.69, 9.17) is 33.2 Å². The topological polar surface area (TPSA) is 162 Å². The maximum absolute atomic E-state index is 11.5. The van der Waals surface area contributed by atoms with Gasteiger partial charge in [0.2, 0.25) is 0 Å². The van der Waals surface area contributed by atoms with Crippen LogP contribution >= 0.6 is 12.2 Å². The lowest BCUT2D eigenvalue weighted by molar-refractivity contribution is 0.0998. The van der Waals surface area contributed by atoms with E-state index in [0.29, 0.717) is 22.4 Å². The first-order valence-electron chi connectivity index (χ1n) is 7.10. The molecule has 0 aliphatic carbocycles. The van der Waals surface area contributed by atoms with Gasteiger partial charge in [-0.05, 0) is 12.2 Å². The third-order valence-electron chi connectivity index (χ3n) is 3.24. The van der Waals surface area contributed by atoms with Crippen LogP contribution in [0.2, 0.25) is 0 Å². The standard InChI is InChI=1S/C8H7N3O2S.C7H9N3O2/c1-13-5-3-9-2-4-6(5)7(12)11-8(14)10-4;1-12-5-3-10-2-4(8)6(5)7(9)11/h2-3H,1H3,(H2,10,11,12,14);2-3H,8H2,1H3,(H2,9,11). The van der Waals surface area contributed by atoms with Gasteiger partial charge >= 0.3 is 0 Å². The van der Waals surface area contributed by atoms with E-state index in [-0.39, 0.29) is 21.6 Å². The highest BCUT2D eigenvalue weighted by atomic mass is 32.1. The third-order valence-corrected chi connectivity index (χ3v) is 3.44. The van der Waals surface area contributed by atoms with Gasteiger partial charge in [-0.1, -0.05) is 0 Å². The van der Waals surface area contributed by atoms with E-state index >= 15 is 0 Å². The molecule has 0 atom stereocenters. The van der Waals surface area contributed by atoms with Crippen LogP contribution in [0.1, 0.15) is 10.4 Å². The number of nitrogens with two attached hydrogens (primary N) is 2. The molecule has 1 amide bonds. The molecule has 0 aliphatic heterocycles. The highest BCUT2D eigenvalue weighted by Gasteiger charge is 2.12. The van der Waals surface area contributed by atoms with E-state index in [1.807, 2.05) is 0 Å². The van der Waals surface area contributed by atoms with E-state index in [2.05, 4.69) is 19.9 Å². The molecular formula is C15H16N6O4S. The van der Waals surface area contributed by atoms with Crippen LogP contribution < -0.4 is 26.5 Å². The second-order valence-electron chi connectivity index (χ2n) is 4.84. The number of H-pyrrole nitrogens is 2. The van der Waals surface area contributed by atoms with E-state index in [9.17, 15) is 9.59 Å². The van der Waals surface area contributed by atoms with Gasteiger partial charge in [-0.25, -0.2) is 0 Å². The number of anilines is 1. The molecule has 6 N–H and O–H groups in total. The number of ether oxygens (including phenoxy) is 2. The number of primary amides is 1. The molecule has 136 valence electrons. The highest BCUT2D eigenvalue weighted by Crippen LogP contribution is 2.21. The maximum atomic E-state index is 11.5. The Morgan fingerprint density at radius 2 is 1.69 bits per heavy atom. The molecule has 3 aromatic rings. The molecule has 11 heteroatoms. The summed E-state index contributed by atoms with van der Waals surface area (Å²) in [6.07, 6.45) is 5.75. The zero-order valence-corrected chi connectivity index (χ0v) is 14.7. The first-order chi connectivity index (χ1) is 12.4. The number of carbonyl (C=O) groups excluding carboxylic acids is 1. The number of nitrogen functional groups attached to an aromatic ring is 1. The monoisotopic (exact) mass is 376 g/mol. The Morgan fingerprint density at radius 1 is 1.08 bits per heavy atom. The van der Waals surface area contributed by atoms with E-state index in [1.54, 1.807) is 0 Å². The van der Waals surface area contributed by atoms with Gasteiger partial charge in [0.15, 0.2) is 16.3 Å². The Kier molecular flexibility index (Phi) is 5.86. The van der Waals surface area contributed by atoms with Crippen molar-refractivity contribution in [3.63, 3.8) is 0 Å². The second-order valence-corrected chi connectivity index (χ2v) is 5.25. The number of carbonyl (C=O) groups is 1. The number of methoxy groups -OCH3 is 2. The van der Waals surface area contributed by atoms with Crippen molar-refractivity contribution >= 4 is 34.7 Å². The molecule has 0 fully saturated rings. The summed E-state index contributed by atoms with van der Waals surface area (Å²) >= 11 is 4.83. The zero-order chi connectivity index (χ0) is 19.3. The van der Waals surface area contributed by atoms with Gasteiger partial charge in [-0.3, -0.25) is 24.5 Å². The van der Waals surface area contributed by atoms with Gasteiger partial charge in [0, 0.05) is 0 Å². The predicted molar refractivity (Wildman–Crippen MR) is 97.8 cm³/mol. The lowest BCUT2D eigenvalue weighted by atomic mass is 10.2. The molecule has 0 bridgehead atoms. The minimum atomic E-state index is -0.619. The lowest BCUT2D eigenvalue weighted by Gasteiger charge is -2.05. The number of nitrogens with one attached hydrogen (secondary N) is 2. The molecule has 0 saturated carbocycles. The van der Waals surface area contributed by atoms with E-state index in [1.165, 1.54) is 39.0 Å². The fourth-order valence-electron chi connectivity index (χ4n) is 2.12. The summed E-state index contributed by atoms with van der Waals surface area (Å²) in [7, 11) is 2.90. The van der Waals surface area contributed by atoms with Gasteiger partial charge in [0.25, 0.3) is 11.5 Å². The zero-order valence-electron chi connectivity index (χ0n) is 13.9. The molecule has 0 saturated heterocycles. The van der Waals surface area contributed by atoms with Gasteiger partial charge in [0.05, 0.1) is 50.2 Å². The van der Waals surface area contributed by atoms with E-state index < -0.39 is 5.91 Å². The molecule has 0 radical (unpaired) electrons. The molecular weight excluding hydrogens is 360 g/mol. The fourth-order valence-corrected chi connectivity index (χ4v) is 2.32. The predicted octanol–water partition coefficient (Wildman–Crippen LogP) is 0.761. The molecule has 10 nitrogen and oxygen atoms in total.